The van der Waals surface area contributed by atoms with Crippen LogP contribution in [0.25, 0.3) is 0 Å². The number of rotatable bonds is 4. The molecule has 1 fully saturated rings. The topological polar surface area (TPSA) is 49.6 Å². The molecule has 4 heteroatoms. The van der Waals surface area contributed by atoms with Crippen molar-refractivity contribution in [2.75, 3.05) is 27.7 Å². The number of likely N-dealkylation sites (N-methyl/N-ethyl adjacent to an activating group) is 2. The van der Waals surface area contributed by atoms with E-state index in [-0.39, 0.29) is 11.4 Å². The second-order valence-corrected chi connectivity index (χ2v) is 5.86. The van der Waals surface area contributed by atoms with Gasteiger partial charge in [0, 0.05) is 19.1 Å². The molecule has 1 aliphatic rings. The third kappa shape index (κ3) is 2.55. The average molecular weight is 227 g/mol. The van der Waals surface area contributed by atoms with Crippen molar-refractivity contribution in [3.05, 3.63) is 0 Å². The summed E-state index contributed by atoms with van der Waals surface area (Å²) in [4.78, 5) is 16.0. The lowest BCUT2D eigenvalue weighted by molar-refractivity contribution is -0.137. The predicted molar refractivity (Wildman–Crippen MR) is 66.2 cm³/mol. The summed E-state index contributed by atoms with van der Waals surface area (Å²) in [7, 11) is 6.02. The van der Waals surface area contributed by atoms with E-state index in [9.17, 15) is 4.79 Å². The maximum Gasteiger partial charge on any atom is 0.241 e. The third-order valence-electron chi connectivity index (χ3n) is 3.66. The zero-order valence-electron chi connectivity index (χ0n) is 11.2. The van der Waals surface area contributed by atoms with E-state index in [4.69, 9.17) is 5.73 Å². The number of amides is 1. The van der Waals surface area contributed by atoms with E-state index in [0.717, 1.165) is 6.54 Å². The molecule has 0 aromatic carbocycles. The Morgan fingerprint density at radius 2 is 1.81 bits per heavy atom. The Kier molecular flexibility index (Phi) is 3.65. The molecule has 0 atom stereocenters. The summed E-state index contributed by atoms with van der Waals surface area (Å²) >= 11 is 0. The van der Waals surface area contributed by atoms with Gasteiger partial charge in [-0.2, -0.15) is 0 Å². The van der Waals surface area contributed by atoms with E-state index in [1.807, 2.05) is 7.05 Å². The summed E-state index contributed by atoms with van der Waals surface area (Å²) in [5.74, 6) is 0.0145. The van der Waals surface area contributed by atoms with Crippen LogP contribution in [0.15, 0.2) is 0 Å². The second-order valence-electron chi connectivity index (χ2n) is 5.86. The first-order valence-corrected chi connectivity index (χ1v) is 5.91. The molecule has 0 aliphatic heterocycles. The zero-order valence-corrected chi connectivity index (χ0v) is 11.2. The van der Waals surface area contributed by atoms with Gasteiger partial charge in [-0.3, -0.25) is 4.79 Å². The molecule has 0 aromatic rings. The Bertz CT molecular complexity index is 264. The van der Waals surface area contributed by atoms with Crippen molar-refractivity contribution in [3.8, 4) is 0 Å². The molecule has 2 N–H and O–H groups in total. The highest BCUT2D eigenvalue weighted by Crippen LogP contribution is 2.36. The first kappa shape index (κ1) is 13.5. The van der Waals surface area contributed by atoms with Gasteiger partial charge in [0.25, 0.3) is 0 Å². The SMILES string of the molecule is CN(CC1(N(C)C)CCC1)C(=O)C(C)(C)N. The van der Waals surface area contributed by atoms with Crippen molar-refractivity contribution >= 4 is 5.91 Å². The van der Waals surface area contributed by atoms with Crippen LogP contribution in [-0.4, -0.2) is 54.5 Å². The van der Waals surface area contributed by atoms with E-state index < -0.39 is 5.54 Å². The van der Waals surface area contributed by atoms with Crippen LogP contribution in [0.3, 0.4) is 0 Å². The fourth-order valence-corrected chi connectivity index (χ4v) is 2.34. The Balaban J connectivity index is 2.63. The van der Waals surface area contributed by atoms with Crippen molar-refractivity contribution in [1.29, 1.82) is 0 Å². The summed E-state index contributed by atoms with van der Waals surface area (Å²) in [5, 5.41) is 0. The molecule has 0 unspecified atom stereocenters. The summed E-state index contributed by atoms with van der Waals surface area (Å²) in [6, 6.07) is 0. The molecule has 1 saturated carbocycles. The smallest absolute Gasteiger partial charge is 0.241 e. The summed E-state index contributed by atoms with van der Waals surface area (Å²) in [6.07, 6.45) is 3.59. The van der Waals surface area contributed by atoms with Gasteiger partial charge >= 0.3 is 0 Å². The molecule has 0 aromatic heterocycles. The van der Waals surface area contributed by atoms with Crippen molar-refractivity contribution in [3.63, 3.8) is 0 Å². The maximum absolute atomic E-state index is 12.0. The van der Waals surface area contributed by atoms with Gasteiger partial charge in [0.05, 0.1) is 5.54 Å². The van der Waals surface area contributed by atoms with Gasteiger partial charge in [0.15, 0.2) is 0 Å². The highest BCUT2D eigenvalue weighted by atomic mass is 16.2. The molecular weight excluding hydrogens is 202 g/mol. The van der Waals surface area contributed by atoms with E-state index >= 15 is 0 Å². The zero-order chi connectivity index (χ0) is 12.6. The molecule has 0 spiro atoms. The Morgan fingerprint density at radius 3 is 2.06 bits per heavy atom. The van der Waals surface area contributed by atoms with E-state index in [0.29, 0.717) is 0 Å². The third-order valence-corrected chi connectivity index (χ3v) is 3.66. The number of nitrogens with zero attached hydrogens (tertiary/aromatic N) is 2. The van der Waals surface area contributed by atoms with Crippen molar-refractivity contribution in [1.82, 2.24) is 9.80 Å². The number of carbonyl (C=O) groups is 1. The van der Waals surface area contributed by atoms with Crippen LogP contribution < -0.4 is 5.73 Å². The fraction of sp³-hybridized carbons (Fsp3) is 0.917. The lowest BCUT2D eigenvalue weighted by atomic mass is 9.75. The van der Waals surface area contributed by atoms with Gasteiger partial charge in [-0.05, 0) is 47.2 Å². The van der Waals surface area contributed by atoms with Crippen molar-refractivity contribution in [2.24, 2.45) is 5.73 Å². The molecular formula is C12H25N3O. The maximum atomic E-state index is 12.0. The Morgan fingerprint density at radius 1 is 1.31 bits per heavy atom. The van der Waals surface area contributed by atoms with E-state index in [1.54, 1.807) is 18.7 Å². The monoisotopic (exact) mass is 227 g/mol. The average Bonchev–Trinajstić information content (AvgIpc) is 2.07. The van der Waals surface area contributed by atoms with E-state index in [2.05, 4.69) is 19.0 Å². The van der Waals surface area contributed by atoms with Crippen LogP contribution in [0.1, 0.15) is 33.1 Å². The van der Waals surface area contributed by atoms with Crippen molar-refractivity contribution in [2.45, 2.75) is 44.2 Å². The standard InChI is InChI=1S/C12H25N3O/c1-11(2,13)10(16)15(5)9-12(14(3)4)7-6-8-12/h6-9,13H2,1-5H3. The molecule has 94 valence electrons. The first-order valence-electron chi connectivity index (χ1n) is 5.91. The van der Waals surface area contributed by atoms with Crippen LogP contribution in [0.4, 0.5) is 0 Å². The Labute approximate surface area is 98.8 Å². The van der Waals surface area contributed by atoms with Gasteiger partial charge < -0.3 is 15.5 Å². The highest BCUT2D eigenvalue weighted by molar-refractivity contribution is 5.85. The largest absolute Gasteiger partial charge is 0.342 e. The van der Waals surface area contributed by atoms with Crippen LogP contribution in [0.5, 0.6) is 0 Å². The summed E-state index contributed by atoms with van der Waals surface area (Å²) < 4.78 is 0. The lowest BCUT2D eigenvalue weighted by Crippen LogP contribution is -2.60. The number of hydrogen-bond acceptors (Lipinski definition) is 3. The van der Waals surface area contributed by atoms with E-state index in [1.165, 1.54) is 19.3 Å². The number of hydrogen-bond donors (Lipinski definition) is 1. The molecule has 4 nitrogen and oxygen atoms in total. The second kappa shape index (κ2) is 4.34. The molecule has 1 amide bonds. The van der Waals surface area contributed by atoms with Crippen LogP contribution in [0.2, 0.25) is 0 Å². The minimum atomic E-state index is -0.772. The molecule has 0 bridgehead atoms. The summed E-state index contributed by atoms with van der Waals surface area (Å²) in [6.45, 7) is 4.29. The predicted octanol–water partition coefficient (Wildman–Crippen LogP) is 0.666. The van der Waals surface area contributed by atoms with Gasteiger partial charge in [-0.15, -0.1) is 0 Å². The minimum Gasteiger partial charge on any atom is -0.342 e. The normalized spacial score (nSPS) is 19.4. The number of carbonyl (C=O) groups excluding carboxylic acids is 1. The molecule has 0 heterocycles. The molecule has 0 saturated heterocycles. The van der Waals surface area contributed by atoms with Gasteiger partial charge in [0.2, 0.25) is 5.91 Å². The highest BCUT2D eigenvalue weighted by Gasteiger charge is 2.41. The lowest BCUT2D eigenvalue weighted by Gasteiger charge is -2.49. The Hall–Kier alpha value is -0.610. The molecule has 16 heavy (non-hydrogen) atoms. The quantitative estimate of drug-likeness (QED) is 0.768. The molecule has 1 rings (SSSR count). The summed E-state index contributed by atoms with van der Waals surface area (Å²) in [5.41, 5.74) is 5.23. The van der Waals surface area contributed by atoms with Crippen LogP contribution >= 0.6 is 0 Å². The minimum absolute atomic E-state index is 0.0145. The van der Waals surface area contributed by atoms with Gasteiger partial charge in [0.1, 0.15) is 0 Å². The van der Waals surface area contributed by atoms with Gasteiger partial charge in [-0.1, -0.05) is 0 Å². The fourth-order valence-electron chi connectivity index (χ4n) is 2.34. The molecule has 1 aliphatic carbocycles. The first-order chi connectivity index (χ1) is 7.19. The van der Waals surface area contributed by atoms with Gasteiger partial charge in [-0.25, -0.2) is 0 Å². The molecule has 0 radical (unpaired) electrons. The van der Waals surface area contributed by atoms with Crippen LogP contribution in [-0.2, 0) is 4.79 Å². The van der Waals surface area contributed by atoms with Crippen molar-refractivity contribution < 1.29 is 4.79 Å². The number of nitrogens with two attached hydrogens (primary N) is 1. The van der Waals surface area contributed by atoms with Crippen LogP contribution in [0, 0.1) is 0 Å².